The van der Waals surface area contributed by atoms with Gasteiger partial charge in [-0.2, -0.15) is 13.2 Å². The van der Waals surface area contributed by atoms with Gasteiger partial charge in [0.25, 0.3) is 0 Å². The normalized spacial score (nSPS) is 27.4. The highest BCUT2D eigenvalue weighted by molar-refractivity contribution is 7.92. The first-order valence-electron chi connectivity index (χ1n) is 11.0. The van der Waals surface area contributed by atoms with Crippen molar-refractivity contribution in [1.82, 2.24) is 10.2 Å². The monoisotopic (exact) mass is 474 g/mol. The molecule has 0 bridgehead atoms. The van der Waals surface area contributed by atoms with Crippen molar-refractivity contribution in [3.63, 3.8) is 0 Å². The van der Waals surface area contributed by atoms with E-state index in [9.17, 15) is 26.4 Å². The molecule has 2 aliphatic heterocycles. The zero-order chi connectivity index (χ0) is 23.1. The predicted octanol–water partition coefficient (Wildman–Crippen LogP) is 2.69. The van der Waals surface area contributed by atoms with Gasteiger partial charge in [-0.15, -0.1) is 0 Å². The molecule has 32 heavy (non-hydrogen) atoms. The average Bonchev–Trinajstić information content (AvgIpc) is 3.17. The van der Waals surface area contributed by atoms with Crippen molar-refractivity contribution in [2.45, 2.75) is 68.1 Å². The molecule has 2 unspecified atom stereocenters. The molecule has 6 nitrogen and oxygen atoms in total. The van der Waals surface area contributed by atoms with E-state index in [0.717, 1.165) is 36.8 Å². The summed E-state index contributed by atoms with van der Waals surface area (Å²) in [5, 5.41) is 3.50. The molecule has 1 aromatic carbocycles. The first kappa shape index (κ1) is 23.5. The lowest BCUT2D eigenvalue weighted by Crippen LogP contribution is -2.54. The number of hydrogen-bond donors (Lipinski definition) is 1. The van der Waals surface area contributed by atoms with Crippen LogP contribution in [0.15, 0.2) is 18.2 Å². The summed E-state index contributed by atoms with van der Waals surface area (Å²) in [6.07, 6.45) is -0.292. The molecule has 3 aliphatic rings. The number of halogens is 3. The van der Waals surface area contributed by atoms with Gasteiger partial charge < -0.3 is 15.0 Å². The zero-order valence-electron chi connectivity index (χ0n) is 18.1. The number of benzene rings is 1. The van der Waals surface area contributed by atoms with E-state index in [1.165, 1.54) is 11.0 Å². The van der Waals surface area contributed by atoms with Crippen molar-refractivity contribution in [3.05, 3.63) is 34.9 Å². The molecular formula is C22H29F3N2O4S. The standard InChI is InChI=1S/C22H29F3N2O4S/c1-32(29,30)21(8-4-19(13-21)26-18-6-10-31-11-7-18)20(28)27-9-5-15-2-3-17(22(23,24)25)12-16(15)14-27/h2-3,12,18-19,26H,4-11,13-14H2,1H3. The molecule has 0 aromatic heterocycles. The van der Waals surface area contributed by atoms with Gasteiger partial charge >= 0.3 is 6.18 Å². The molecule has 0 radical (unpaired) electrons. The summed E-state index contributed by atoms with van der Waals surface area (Å²) < 4.78 is 69.0. The van der Waals surface area contributed by atoms with Crippen LogP contribution >= 0.6 is 0 Å². The van der Waals surface area contributed by atoms with Crippen LogP contribution in [0.1, 0.15) is 48.8 Å². The molecule has 2 fully saturated rings. The zero-order valence-corrected chi connectivity index (χ0v) is 18.9. The lowest BCUT2D eigenvalue weighted by Gasteiger charge is -2.36. The molecule has 2 heterocycles. The highest BCUT2D eigenvalue weighted by Gasteiger charge is 2.55. The molecular weight excluding hydrogens is 445 g/mol. The van der Waals surface area contributed by atoms with Gasteiger partial charge in [-0.3, -0.25) is 4.79 Å². The number of hydrogen-bond acceptors (Lipinski definition) is 5. The lowest BCUT2D eigenvalue weighted by molar-refractivity contribution is -0.137. The largest absolute Gasteiger partial charge is 0.416 e. The van der Waals surface area contributed by atoms with E-state index in [4.69, 9.17) is 4.74 Å². The van der Waals surface area contributed by atoms with Crippen molar-refractivity contribution < 1.29 is 31.1 Å². The van der Waals surface area contributed by atoms with Crippen LogP contribution < -0.4 is 5.32 Å². The topological polar surface area (TPSA) is 75.7 Å². The Hall–Kier alpha value is -1.65. The van der Waals surface area contributed by atoms with Crippen LogP contribution in [-0.4, -0.2) is 62.1 Å². The van der Waals surface area contributed by atoms with Gasteiger partial charge in [-0.05, 0) is 61.8 Å². The van der Waals surface area contributed by atoms with Crippen molar-refractivity contribution in [1.29, 1.82) is 0 Å². The molecule has 1 saturated heterocycles. The molecule has 1 N–H and O–H groups in total. The van der Waals surface area contributed by atoms with E-state index in [0.29, 0.717) is 38.2 Å². The first-order valence-corrected chi connectivity index (χ1v) is 12.9. The number of nitrogens with one attached hydrogen (secondary N) is 1. The number of amides is 1. The fourth-order valence-electron chi connectivity index (χ4n) is 5.23. The van der Waals surface area contributed by atoms with Crippen LogP contribution in [0.25, 0.3) is 0 Å². The Kier molecular flexibility index (Phi) is 6.32. The van der Waals surface area contributed by atoms with Crippen molar-refractivity contribution in [2.24, 2.45) is 0 Å². The summed E-state index contributed by atoms with van der Waals surface area (Å²) in [5.41, 5.74) is 0.434. The Labute approximate surface area is 186 Å². The van der Waals surface area contributed by atoms with Crippen molar-refractivity contribution in [2.75, 3.05) is 26.0 Å². The van der Waals surface area contributed by atoms with Crippen LogP contribution in [0.5, 0.6) is 0 Å². The third-order valence-corrected chi connectivity index (χ3v) is 9.06. The summed E-state index contributed by atoms with van der Waals surface area (Å²) in [5.74, 6) is -0.487. The molecule has 2 atom stereocenters. The number of carbonyl (C=O) groups excluding carboxylic acids is 1. The van der Waals surface area contributed by atoms with E-state index in [-0.39, 0.29) is 31.5 Å². The van der Waals surface area contributed by atoms with Gasteiger partial charge in [-0.1, -0.05) is 6.07 Å². The van der Waals surface area contributed by atoms with E-state index < -0.39 is 32.2 Å². The summed E-state index contributed by atoms with van der Waals surface area (Å²) in [6, 6.07) is 3.73. The van der Waals surface area contributed by atoms with E-state index in [1.54, 1.807) is 0 Å². The van der Waals surface area contributed by atoms with Gasteiger partial charge in [0, 0.05) is 44.6 Å². The molecule has 178 valence electrons. The molecule has 10 heteroatoms. The van der Waals surface area contributed by atoms with Gasteiger partial charge in [0.1, 0.15) is 0 Å². The average molecular weight is 475 g/mol. The number of carbonyl (C=O) groups is 1. The Morgan fingerprint density at radius 1 is 1.16 bits per heavy atom. The van der Waals surface area contributed by atoms with Crippen LogP contribution in [0, 0.1) is 0 Å². The second kappa shape index (κ2) is 8.61. The molecule has 4 rings (SSSR count). The Bertz CT molecular complexity index is 976. The predicted molar refractivity (Wildman–Crippen MR) is 113 cm³/mol. The van der Waals surface area contributed by atoms with Crippen LogP contribution in [0.4, 0.5) is 13.2 Å². The fraction of sp³-hybridized carbons (Fsp3) is 0.682. The minimum absolute atomic E-state index is 0.00653. The SMILES string of the molecule is CS(=O)(=O)C1(C(=O)N2CCc3ccc(C(F)(F)F)cc3C2)CCC(NC2CCOCC2)C1. The molecule has 1 aliphatic carbocycles. The third kappa shape index (κ3) is 4.54. The van der Waals surface area contributed by atoms with E-state index in [1.807, 2.05) is 0 Å². The minimum Gasteiger partial charge on any atom is -0.381 e. The Morgan fingerprint density at radius 3 is 2.53 bits per heavy atom. The maximum Gasteiger partial charge on any atom is 0.416 e. The summed E-state index contributed by atoms with van der Waals surface area (Å²) in [4.78, 5) is 15.0. The smallest absolute Gasteiger partial charge is 0.381 e. The van der Waals surface area contributed by atoms with E-state index in [2.05, 4.69) is 5.32 Å². The Balaban J connectivity index is 1.53. The number of ether oxygens (including phenoxy) is 1. The van der Waals surface area contributed by atoms with Crippen LogP contribution in [-0.2, 0) is 38.5 Å². The second-order valence-electron chi connectivity index (χ2n) is 9.22. The molecule has 1 saturated carbocycles. The van der Waals surface area contributed by atoms with Crippen LogP contribution in [0.2, 0.25) is 0 Å². The Morgan fingerprint density at radius 2 is 1.88 bits per heavy atom. The molecule has 1 aromatic rings. The minimum atomic E-state index is -4.47. The van der Waals surface area contributed by atoms with Gasteiger partial charge in [0.2, 0.25) is 5.91 Å². The molecule has 0 spiro atoms. The quantitative estimate of drug-likeness (QED) is 0.726. The van der Waals surface area contributed by atoms with E-state index >= 15 is 0 Å². The summed E-state index contributed by atoms with van der Waals surface area (Å²) in [6.45, 7) is 1.61. The first-order chi connectivity index (χ1) is 15.0. The van der Waals surface area contributed by atoms with Gasteiger partial charge in [-0.25, -0.2) is 8.42 Å². The maximum absolute atomic E-state index is 13.6. The maximum atomic E-state index is 13.6. The van der Waals surface area contributed by atoms with Gasteiger partial charge in [0.15, 0.2) is 14.6 Å². The molecule has 1 amide bonds. The second-order valence-corrected chi connectivity index (χ2v) is 11.5. The van der Waals surface area contributed by atoms with Gasteiger partial charge in [0.05, 0.1) is 5.56 Å². The highest BCUT2D eigenvalue weighted by Crippen LogP contribution is 2.40. The number of alkyl halides is 3. The van der Waals surface area contributed by atoms with Crippen LogP contribution in [0.3, 0.4) is 0 Å². The van der Waals surface area contributed by atoms with Crippen molar-refractivity contribution >= 4 is 15.7 Å². The summed E-state index contributed by atoms with van der Waals surface area (Å²) >= 11 is 0. The number of sulfone groups is 1. The number of rotatable bonds is 4. The third-order valence-electron chi connectivity index (χ3n) is 7.10. The van der Waals surface area contributed by atoms with Crippen molar-refractivity contribution in [3.8, 4) is 0 Å². The fourth-order valence-corrected chi connectivity index (χ4v) is 6.67. The summed E-state index contributed by atoms with van der Waals surface area (Å²) in [7, 11) is -3.73. The number of fused-ring (bicyclic) bond motifs is 1. The number of nitrogens with zero attached hydrogens (tertiary/aromatic N) is 1. The lowest BCUT2D eigenvalue weighted by atomic mass is 9.95. The highest BCUT2D eigenvalue weighted by atomic mass is 32.2.